The minimum absolute atomic E-state index is 0.0244. The lowest BCUT2D eigenvalue weighted by Crippen LogP contribution is -2.63. The lowest BCUT2D eigenvalue weighted by Gasteiger charge is -2.63. The van der Waals surface area contributed by atoms with Gasteiger partial charge in [-0.1, -0.05) is 32.4 Å². The number of fused-ring (bicyclic) bond motifs is 5. The van der Waals surface area contributed by atoms with E-state index in [-0.39, 0.29) is 34.3 Å². The maximum absolute atomic E-state index is 12.3. The van der Waals surface area contributed by atoms with Gasteiger partial charge < -0.3 is 25.0 Å². The van der Waals surface area contributed by atoms with E-state index >= 15 is 0 Å². The van der Waals surface area contributed by atoms with E-state index in [1.54, 1.807) is 0 Å². The predicted octanol–water partition coefficient (Wildman–Crippen LogP) is 3.14. The van der Waals surface area contributed by atoms with Gasteiger partial charge in [0.15, 0.2) is 5.79 Å². The van der Waals surface area contributed by atoms with Crippen LogP contribution in [0.25, 0.3) is 0 Å². The predicted molar refractivity (Wildman–Crippen MR) is 116 cm³/mol. The largest absolute Gasteiger partial charge is 0.477 e. The second kappa shape index (κ2) is 7.15. The van der Waals surface area contributed by atoms with Gasteiger partial charge in [0.05, 0.1) is 18.8 Å². The van der Waals surface area contributed by atoms with E-state index in [1.165, 1.54) is 5.57 Å². The number of aliphatic carboxylic acids is 1. The molecule has 1 amide bonds. The molecule has 1 heterocycles. The first-order chi connectivity index (χ1) is 15.1. The second-order valence-corrected chi connectivity index (χ2v) is 11.1. The highest BCUT2D eigenvalue weighted by Gasteiger charge is 2.67. The summed E-state index contributed by atoms with van der Waals surface area (Å²) >= 11 is 0. The number of carboxylic acid groups (broad SMARTS) is 1. The van der Waals surface area contributed by atoms with Crippen molar-refractivity contribution in [2.24, 2.45) is 28.6 Å². The van der Waals surface area contributed by atoms with Crippen LogP contribution < -0.4 is 5.32 Å². The van der Waals surface area contributed by atoms with E-state index in [2.05, 4.69) is 32.2 Å². The van der Waals surface area contributed by atoms with E-state index < -0.39 is 17.4 Å². The summed E-state index contributed by atoms with van der Waals surface area (Å²) in [5.41, 5.74) is 0.594. The van der Waals surface area contributed by atoms with Crippen LogP contribution in [0.4, 0.5) is 0 Å². The zero-order valence-electron chi connectivity index (χ0n) is 19.3. The number of allylic oxidation sites excluding steroid dienone is 2. The van der Waals surface area contributed by atoms with Crippen LogP contribution in [-0.2, 0) is 19.1 Å². The third kappa shape index (κ3) is 2.77. The molecule has 1 aliphatic heterocycles. The highest BCUT2D eigenvalue weighted by molar-refractivity contribution is 5.90. The summed E-state index contributed by atoms with van der Waals surface area (Å²) in [5.74, 6) is -1.35. The standard InChI is InChI=1S/C25H35NO6/c1-15-12-18-17-5-4-16-13-24(31-10-11-32-24)8-7-23(16,3)25(17,30)9-6-22(18,2)19(15)20(21(28)29)26-14-27/h4,14-15,17-18,30H,5-13H2,1-3H3,(H,26,27)(H,28,29)/b20-19-/t15-,17-,18-,22-,23-,25+/m0/s1. The van der Waals surface area contributed by atoms with Gasteiger partial charge in [0.1, 0.15) is 5.70 Å². The number of carbonyl (C=O) groups excluding carboxylic acids is 1. The molecule has 7 heteroatoms. The molecule has 176 valence electrons. The molecule has 3 N–H and O–H groups in total. The van der Waals surface area contributed by atoms with Crippen molar-refractivity contribution in [2.75, 3.05) is 13.2 Å². The number of nitrogens with one attached hydrogen (secondary N) is 1. The Morgan fingerprint density at radius 3 is 2.53 bits per heavy atom. The third-order valence-electron chi connectivity index (χ3n) is 9.91. The SMILES string of the molecule is C[C@H]1C[C@H]2[C@@H]3CC=C4CC5(CC[C@]4(C)[C@@]3(O)CC[C@]2(C)/C1=C(\NC=O)C(=O)O)OCCO5. The van der Waals surface area contributed by atoms with Crippen LogP contribution in [-0.4, -0.2) is 47.2 Å². The van der Waals surface area contributed by atoms with E-state index in [9.17, 15) is 19.8 Å². The summed E-state index contributed by atoms with van der Waals surface area (Å²) in [7, 11) is 0. The van der Waals surface area contributed by atoms with Crippen LogP contribution in [0.15, 0.2) is 22.9 Å². The van der Waals surface area contributed by atoms with Gasteiger partial charge in [-0.15, -0.1) is 0 Å². The highest BCUT2D eigenvalue weighted by Crippen LogP contribution is 2.69. The van der Waals surface area contributed by atoms with Crippen LogP contribution in [0.5, 0.6) is 0 Å². The Bertz CT molecular complexity index is 904. The number of rotatable bonds is 3. The topological polar surface area (TPSA) is 105 Å². The molecular formula is C25H35NO6. The molecule has 1 saturated heterocycles. The van der Waals surface area contributed by atoms with Crippen LogP contribution in [0.3, 0.4) is 0 Å². The van der Waals surface area contributed by atoms with Gasteiger partial charge in [0, 0.05) is 18.3 Å². The van der Waals surface area contributed by atoms with Crippen LogP contribution in [0, 0.1) is 28.6 Å². The number of hydrogen-bond donors (Lipinski definition) is 3. The smallest absolute Gasteiger partial charge is 0.352 e. The molecule has 6 atom stereocenters. The van der Waals surface area contributed by atoms with Crippen LogP contribution >= 0.6 is 0 Å². The Kier molecular flexibility index (Phi) is 4.94. The molecule has 0 bridgehead atoms. The van der Waals surface area contributed by atoms with E-state index in [4.69, 9.17) is 9.47 Å². The molecule has 0 aromatic carbocycles. The summed E-state index contributed by atoms with van der Waals surface area (Å²) in [4.78, 5) is 23.1. The zero-order valence-corrected chi connectivity index (χ0v) is 19.3. The minimum atomic E-state index is -1.09. The molecule has 0 aromatic heterocycles. The van der Waals surface area contributed by atoms with Gasteiger partial charge in [-0.3, -0.25) is 4.79 Å². The molecule has 7 nitrogen and oxygen atoms in total. The minimum Gasteiger partial charge on any atom is -0.477 e. The fraction of sp³-hybridized carbons (Fsp3) is 0.760. The van der Waals surface area contributed by atoms with Crippen LogP contribution in [0.2, 0.25) is 0 Å². The highest BCUT2D eigenvalue weighted by atomic mass is 16.7. The number of ether oxygens (including phenoxy) is 2. The monoisotopic (exact) mass is 445 g/mol. The molecule has 0 aromatic rings. The molecule has 3 saturated carbocycles. The quantitative estimate of drug-likeness (QED) is 0.350. The summed E-state index contributed by atoms with van der Waals surface area (Å²) in [6.07, 6.45) is 8.03. The third-order valence-corrected chi connectivity index (χ3v) is 9.91. The summed E-state index contributed by atoms with van der Waals surface area (Å²) in [5, 5.41) is 24.6. The van der Waals surface area contributed by atoms with Crippen molar-refractivity contribution in [2.45, 2.75) is 77.1 Å². The normalized spacial score (nSPS) is 46.0. The molecule has 1 spiro atoms. The molecule has 4 fully saturated rings. The Labute approximate surface area is 189 Å². The first-order valence-electron chi connectivity index (χ1n) is 12.0. The van der Waals surface area contributed by atoms with Gasteiger partial charge in [-0.05, 0) is 60.8 Å². The molecular weight excluding hydrogens is 410 g/mol. The molecule has 5 rings (SSSR count). The van der Waals surface area contributed by atoms with Gasteiger partial charge >= 0.3 is 5.97 Å². The van der Waals surface area contributed by atoms with E-state index in [1.807, 2.05) is 0 Å². The Hall–Kier alpha value is -1.70. The van der Waals surface area contributed by atoms with Crippen molar-refractivity contribution in [1.82, 2.24) is 5.32 Å². The fourth-order valence-electron chi connectivity index (χ4n) is 8.29. The second-order valence-electron chi connectivity index (χ2n) is 11.1. The Morgan fingerprint density at radius 1 is 1.16 bits per heavy atom. The van der Waals surface area contributed by atoms with Crippen molar-refractivity contribution < 1.29 is 29.3 Å². The number of carbonyl (C=O) groups is 2. The van der Waals surface area contributed by atoms with Gasteiger partial charge in [0.2, 0.25) is 6.41 Å². The number of hydrogen-bond acceptors (Lipinski definition) is 5. The molecule has 0 unspecified atom stereocenters. The molecule has 32 heavy (non-hydrogen) atoms. The summed E-state index contributed by atoms with van der Waals surface area (Å²) < 4.78 is 12.0. The molecule has 0 radical (unpaired) electrons. The van der Waals surface area contributed by atoms with Crippen LogP contribution in [0.1, 0.15) is 65.7 Å². The molecule has 5 aliphatic rings. The maximum atomic E-state index is 12.3. The van der Waals surface area contributed by atoms with Gasteiger partial charge in [-0.2, -0.15) is 0 Å². The first kappa shape index (κ1) is 22.1. The number of aliphatic hydroxyl groups is 1. The average molecular weight is 446 g/mol. The van der Waals surface area contributed by atoms with Crippen molar-refractivity contribution in [3.05, 3.63) is 22.9 Å². The van der Waals surface area contributed by atoms with Crippen molar-refractivity contribution in [3.8, 4) is 0 Å². The van der Waals surface area contributed by atoms with Crippen molar-refractivity contribution in [1.29, 1.82) is 0 Å². The fourth-order valence-corrected chi connectivity index (χ4v) is 8.29. The lowest BCUT2D eigenvalue weighted by molar-refractivity contribution is -0.218. The summed E-state index contributed by atoms with van der Waals surface area (Å²) in [6, 6.07) is 0. The van der Waals surface area contributed by atoms with E-state index in [0.717, 1.165) is 31.3 Å². The van der Waals surface area contributed by atoms with Crippen molar-refractivity contribution in [3.63, 3.8) is 0 Å². The number of amides is 1. The average Bonchev–Trinajstić information content (AvgIpc) is 3.30. The van der Waals surface area contributed by atoms with Gasteiger partial charge in [-0.25, -0.2) is 4.79 Å². The lowest BCUT2D eigenvalue weighted by atomic mass is 9.45. The van der Waals surface area contributed by atoms with Gasteiger partial charge in [0.25, 0.3) is 0 Å². The van der Waals surface area contributed by atoms with Crippen molar-refractivity contribution >= 4 is 12.4 Å². The summed E-state index contributed by atoms with van der Waals surface area (Å²) in [6.45, 7) is 7.67. The Balaban J connectivity index is 1.53. The number of carboxylic acids is 1. The molecule has 4 aliphatic carbocycles. The zero-order chi connectivity index (χ0) is 22.9. The Morgan fingerprint density at radius 2 is 1.88 bits per heavy atom. The van der Waals surface area contributed by atoms with E-state index in [0.29, 0.717) is 38.9 Å². The first-order valence-corrected chi connectivity index (χ1v) is 12.0. The maximum Gasteiger partial charge on any atom is 0.352 e.